The zero-order chi connectivity index (χ0) is 25.9. The van der Waals surface area contributed by atoms with Gasteiger partial charge in [0.05, 0.1) is 17.1 Å². The zero-order valence-electron chi connectivity index (χ0n) is 20.2. The maximum absolute atomic E-state index is 13.5. The number of benzene rings is 2. The van der Waals surface area contributed by atoms with E-state index in [2.05, 4.69) is 43.3 Å². The first-order chi connectivity index (χ1) is 17.9. The molecule has 1 N–H and O–H groups in total. The van der Waals surface area contributed by atoms with E-state index in [0.29, 0.717) is 17.4 Å². The van der Waals surface area contributed by atoms with Gasteiger partial charge in [-0.3, -0.25) is 9.47 Å². The fourth-order valence-electron chi connectivity index (χ4n) is 4.68. The van der Waals surface area contributed by atoms with Crippen molar-refractivity contribution in [2.24, 2.45) is 0 Å². The molecule has 0 spiro atoms. The lowest BCUT2D eigenvalue weighted by Gasteiger charge is -2.27. The minimum absolute atomic E-state index is 0.181. The Kier molecular flexibility index (Phi) is 7.86. The number of hydrogen-bond donors (Lipinski definition) is 1. The Balaban J connectivity index is 1.42. The molecule has 0 radical (unpaired) electrons. The standard InChI is InChI=1S/C28H25BrCl2N4O2/c1-37-26-15-25-21(14-23(26)29)22-17-34(11-2-3-18-4-6-20(30)7-5-18)12-9-24(22)35(25)28(36)33-16-19-8-10-32-27(31)13-19/h2-8,10,13-15H,9,11-12,16-17H2,1H3,(H,33,36)/b3-2+. The van der Waals surface area contributed by atoms with Crippen LogP contribution in [0, 0.1) is 0 Å². The van der Waals surface area contributed by atoms with E-state index in [0.717, 1.165) is 68.8 Å². The van der Waals surface area contributed by atoms with Gasteiger partial charge in [-0.1, -0.05) is 47.5 Å². The smallest absolute Gasteiger partial charge is 0.326 e. The van der Waals surface area contributed by atoms with Crippen LogP contribution in [0.1, 0.15) is 22.4 Å². The molecule has 5 rings (SSSR count). The lowest BCUT2D eigenvalue weighted by atomic mass is 10.0. The quantitative estimate of drug-likeness (QED) is 0.244. The molecule has 37 heavy (non-hydrogen) atoms. The van der Waals surface area contributed by atoms with Gasteiger partial charge in [0.15, 0.2) is 0 Å². The number of amides is 1. The number of nitrogens with zero attached hydrogens (tertiary/aromatic N) is 3. The Bertz CT molecular complexity index is 1480. The summed E-state index contributed by atoms with van der Waals surface area (Å²) in [4.78, 5) is 19.9. The first-order valence-corrected chi connectivity index (χ1v) is 13.4. The molecule has 0 bridgehead atoms. The Hall–Kier alpha value is -2.84. The molecule has 9 heteroatoms. The fraction of sp³-hybridized carbons (Fsp3) is 0.214. The van der Waals surface area contributed by atoms with Gasteiger partial charge < -0.3 is 10.1 Å². The van der Waals surface area contributed by atoms with Crippen LogP contribution in [0.3, 0.4) is 0 Å². The van der Waals surface area contributed by atoms with Gasteiger partial charge >= 0.3 is 6.03 Å². The number of fused-ring (bicyclic) bond motifs is 3. The van der Waals surface area contributed by atoms with Crippen LogP contribution in [0.4, 0.5) is 4.79 Å². The highest BCUT2D eigenvalue weighted by molar-refractivity contribution is 9.10. The van der Waals surface area contributed by atoms with Crippen molar-refractivity contribution in [3.63, 3.8) is 0 Å². The fourth-order valence-corrected chi connectivity index (χ4v) is 5.50. The summed E-state index contributed by atoms with van der Waals surface area (Å²) >= 11 is 15.6. The number of halogens is 3. The maximum Gasteiger partial charge on any atom is 0.326 e. The summed E-state index contributed by atoms with van der Waals surface area (Å²) < 4.78 is 8.20. The molecule has 2 aromatic carbocycles. The minimum atomic E-state index is -0.181. The number of rotatable bonds is 6. The summed E-state index contributed by atoms with van der Waals surface area (Å²) in [5.41, 5.74) is 5.01. The SMILES string of the molecule is COc1cc2c(cc1Br)c1c(n2C(=O)NCc2ccnc(Cl)c2)CCN(C/C=C/c2ccc(Cl)cc2)C1. The summed E-state index contributed by atoms with van der Waals surface area (Å²) in [6, 6.07) is 15.2. The molecule has 2 aromatic heterocycles. The molecule has 1 aliphatic heterocycles. The molecule has 4 aromatic rings. The second-order valence-corrected chi connectivity index (χ2v) is 10.5. The van der Waals surface area contributed by atoms with Crippen LogP contribution in [0.15, 0.2) is 65.3 Å². The molecule has 0 saturated carbocycles. The molecule has 0 saturated heterocycles. The third-order valence-corrected chi connectivity index (χ3v) is 7.56. The van der Waals surface area contributed by atoms with Crippen LogP contribution in [-0.2, 0) is 19.5 Å². The highest BCUT2D eigenvalue weighted by Gasteiger charge is 2.27. The van der Waals surface area contributed by atoms with E-state index in [1.807, 2.05) is 42.5 Å². The number of hydrogen-bond acceptors (Lipinski definition) is 4. The van der Waals surface area contributed by atoms with Crippen LogP contribution in [-0.4, -0.2) is 40.7 Å². The average molecular weight is 600 g/mol. The first-order valence-electron chi connectivity index (χ1n) is 11.9. The van der Waals surface area contributed by atoms with Crippen molar-refractivity contribution in [2.75, 3.05) is 20.2 Å². The highest BCUT2D eigenvalue weighted by Crippen LogP contribution is 2.37. The van der Waals surface area contributed by atoms with Crippen LogP contribution >= 0.6 is 39.1 Å². The van der Waals surface area contributed by atoms with E-state index >= 15 is 0 Å². The predicted molar refractivity (Wildman–Crippen MR) is 153 cm³/mol. The van der Waals surface area contributed by atoms with Crippen molar-refractivity contribution in [1.29, 1.82) is 0 Å². The van der Waals surface area contributed by atoms with Gasteiger partial charge in [0.2, 0.25) is 0 Å². The molecular formula is C28H25BrCl2N4O2. The molecule has 0 aliphatic carbocycles. The van der Waals surface area contributed by atoms with Crippen molar-refractivity contribution in [3.05, 3.63) is 97.8 Å². The van der Waals surface area contributed by atoms with E-state index in [9.17, 15) is 4.79 Å². The van der Waals surface area contributed by atoms with Gasteiger partial charge in [0, 0.05) is 61.0 Å². The summed E-state index contributed by atoms with van der Waals surface area (Å²) in [6.07, 6.45) is 6.66. The molecule has 1 aliphatic rings. The Morgan fingerprint density at radius 1 is 1.19 bits per heavy atom. The van der Waals surface area contributed by atoms with Gasteiger partial charge in [-0.05, 0) is 63.0 Å². The summed E-state index contributed by atoms with van der Waals surface area (Å²) in [6.45, 7) is 2.75. The molecule has 0 fully saturated rings. The van der Waals surface area contributed by atoms with E-state index in [4.69, 9.17) is 27.9 Å². The van der Waals surface area contributed by atoms with Crippen molar-refractivity contribution >= 4 is 62.1 Å². The van der Waals surface area contributed by atoms with Gasteiger partial charge in [0.25, 0.3) is 0 Å². The van der Waals surface area contributed by atoms with Crippen molar-refractivity contribution in [3.8, 4) is 5.75 Å². The number of aromatic nitrogens is 2. The highest BCUT2D eigenvalue weighted by atomic mass is 79.9. The molecule has 0 atom stereocenters. The Morgan fingerprint density at radius 2 is 2.00 bits per heavy atom. The monoisotopic (exact) mass is 598 g/mol. The van der Waals surface area contributed by atoms with Gasteiger partial charge in [-0.2, -0.15) is 0 Å². The second kappa shape index (κ2) is 11.3. The molecule has 6 nitrogen and oxygen atoms in total. The zero-order valence-corrected chi connectivity index (χ0v) is 23.3. The maximum atomic E-state index is 13.5. The Morgan fingerprint density at radius 3 is 2.76 bits per heavy atom. The predicted octanol–water partition coefficient (Wildman–Crippen LogP) is 6.94. The molecule has 0 unspecified atom stereocenters. The topological polar surface area (TPSA) is 59.4 Å². The number of ether oxygens (including phenoxy) is 1. The number of nitrogens with one attached hydrogen (secondary N) is 1. The Labute approximate surface area is 234 Å². The number of methoxy groups -OCH3 is 1. The molecular weight excluding hydrogens is 575 g/mol. The van der Waals surface area contributed by atoms with E-state index in [1.54, 1.807) is 23.9 Å². The summed E-state index contributed by atoms with van der Waals surface area (Å²) in [5, 5.41) is 5.21. The molecule has 3 heterocycles. The van der Waals surface area contributed by atoms with Gasteiger partial charge in [-0.25, -0.2) is 9.78 Å². The third-order valence-electron chi connectivity index (χ3n) is 6.48. The van der Waals surface area contributed by atoms with Crippen LogP contribution in [0.25, 0.3) is 17.0 Å². The first kappa shape index (κ1) is 25.8. The lowest BCUT2D eigenvalue weighted by Crippen LogP contribution is -2.34. The van der Waals surface area contributed by atoms with Gasteiger partial charge in [0.1, 0.15) is 10.9 Å². The second-order valence-electron chi connectivity index (χ2n) is 8.85. The number of pyridine rings is 1. The van der Waals surface area contributed by atoms with Crippen molar-refractivity contribution in [2.45, 2.75) is 19.5 Å². The molecule has 190 valence electrons. The average Bonchev–Trinajstić information content (AvgIpc) is 3.20. The van der Waals surface area contributed by atoms with Crippen molar-refractivity contribution < 1.29 is 9.53 Å². The minimum Gasteiger partial charge on any atom is -0.495 e. The third kappa shape index (κ3) is 5.70. The summed E-state index contributed by atoms with van der Waals surface area (Å²) in [5.74, 6) is 0.681. The number of carbonyl (C=O) groups is 1. The number of carbonyl (C=O) groups excluding carboxylic acids is 1. The van der Waals surface area contributed by atoms with Crippen molar-refractivity contribution in [1.82, 2.24) is 19.8 Å². The van der Waals surface area contributed by atoms with Crippen LogP contribution in [0.2, 0.25) is 10.2 Å². The van der Waals surface area contributed by atoms with Crippen LogP contribution < -0.4 is 10.1 Å². The van der Waals surface area contributed by atoms with Crippen LogP contribution in [0.5, 0.6) is 5.75 Å². The van der Waals surface area contributed by atoms with E-state index < -0.39 is 0 Å². The van der Waals surface area contributed by atoms with E-state index in [1.165, 1.54) is 0 Å². The lowest BCUT2D eigenvalue weighted by molar-refractivity contribution is 0.240. The van der Waals surface area contributed by atoms with Gasteiger partial charge in [-0.15, -0.1) is 0 Å². The summed E-state index contributed by atoms with van der Waals surface area (Å²) in [7, 11) is 1.63. The largest absolute Gasteiger partial charge is 0.495 e. The molecule has 1 amide bonds. The normalized spacial score (nSPS) is 13.7. The van der Waals surface area contributed by atoms with E-state index in [-0.39, 0.29) is 6.03 Å².